The first kappa shape index (κ1) is 14.6. The van der Waals surface area contributed by atoms with E-state index in [9.17, 15) is 0 Å². The Labute approximate surface area is 131 Å². The number of hydrogen-bond donors (Lipinski definition) is 0. The van der Waals surface area contributed by atoms with Crippen molar-refractivity contribution in [3.05, 3.63) is 47.0 Å². The molecule has 1 aliphatic rings. The van der Waals surface area contributed by atoms with E-state index in [1.165, 1.54) is 24.0 Å². The van der Waals surface area contributed by atoms with Crippen LogP contribution in [0.15, 0.2) is 24.3 Å². The summed E-state index contributed by atoms with van der Waals surface area (Å²) in [4.78, 5) is 0. The van der Waals surface area contributed by atoms with Crippen molar-refractivity contribution < 1.29 is 0 Å². The smallest absolute Gasteiger partial charge is 0.147 e. The van der Waals surface area contributed by atoms with Gasteiger partial charge in [-0.2, -0.15) is 0 Å². The lowest BCUT2D eigenvalue weighted by atomic mass is 9.82. The monoisotopic (exact) mass is 303 g/mol. The van der Waals surface area contributed by atoms with Gasteiger partial charge in [-0.1, -0.05) is 38.1 Å². The Morgan fingerprint density at radius 1 is 1.29 bits per heavy atom. The highest BCUT2D eigenvalue weighted by molar-refractivity contribution is 6.16. The molecule has 0 amide bonds. The van der Waals surface area contributed by atoms with E-state index in [1.807, 2.05) is 0 Å². The van der Waals surface area contributed by atoms with Gasteiger partial charge >= 0.3 is 0 Å². The highest BCUT2D eigenvalue weighted by Crippen LogP contribution is 2.36. The molecule has 0 saturated heterocycles. The predicted molar refractivity (Wildman–Crippen MR) is 85.6 cm³/mol. The van der Waals surface area contributed by atoms with E-state index in [2.05, 4.69) is 52.9 Å². The molecule has 0 N–H and O–H groups in total. The van der Waals surface area contributed by atoms with Gasteiger partial charge in [-0.05, 0) is 36.3 Å². The standard InChI is InChI=1S/C17H22ClN3/c1-12(2)11-21-16(10-18)19-20-17(21)15-9-5-7-13-6-3-4-8-14(13)15/h3-4,6,8,12,15H,5,7,9-11H2,1-2H3. The van der Waals surface area contributed by atoms with Crippen LogP contribution >= 0.6 is 11.6 Å². The Hall–Kier alpha value is -1.35. The van der Waals surface area contributed by atoms with Gasteiger partial charge in [0.25, 0.3) is 0 Å². The number of alkyl halides is 1. The molecular formula is C17H22ClN3. The number of fused-ring (bicyclic) bond motifs is 1. The first-order valence-electron chi connectivity index (χ1n) is 7.76. The lowest BCUT2D eigenvalue weighted by molar-refractivity contribution is 0.475. The Morgan fingerprint density at radius 2 is 2.10 bits per heavy atom. The molecule has 0 spiro atoms. The fraction of sp³-hybridized carbons (Fsp3) is 0.529. The zero-order valence-electron chi connectivity index (χ0n) is 12.7. The van der Waals surface area contributed by atoms with Crippen LogP contribution in [0.2, 0.25) is 0 Å². The number of nitrogens with zero attached hydrogens (tertiary/aromatic N) is 3. The van der Waals surface area contributed by atoms with Crippen LogP contribution in [0.1, 0.15) is 55.4 Å². The van der Waals surface area contributed by atoms with Crippen molar-refractivity contribution in [1.82, 2.24) is 14.8 Å². The average Bonchev–Trinajstić information content (AvgIpc) is 2.88. The Morgan fingerprint density at radius 3 is 2.86 bits per heavy atom. The van der Waals surface area contributed by atoms with Gasteiger partial charge in [0.2, 0.25) is 0 Å². The average molecular weight is 304 g/mol. The van der Waals surface area contributed by atoms with Crippen LogP contribution in [0, 0.1) is 5.92 Å². The number of rotatable bonds is 4. The third kappa shape index (κ3) is 2.84. The Kier molecular flexibility index (Phi) is 4.29. The van der Waals surface area contributed by atoms with E-state index in [4.69, 9.17) is 11.6 Å². The summed E-state index contributed by atoms with van der Waals surface area (Å²) in [6.45, 7) is 5.37. The van der Waals surface area contributed by atoms with Gasteiger partial charge in [-0.3, -0.25) is 0 Å². The maximum absolute atomic E-state index is 6.04. The van der Waals surface area contributed by atoms with E-state index in [1.54, 1.807) is 0 Å². The molecule has 1 aromatic heterocycles. The van der Waals surface area contributed by atoms with Crippen molar-refractivity contribution in [1.29, 1.82) is 0 Å². The summed E-state index contributed by atoms with van der Waals surface area (Å²) in [6.07, 6.45) is 3.54. The first-order valence-corrected chi connectivity index (χ1v) is 8.30. The maximum Gasteiger partial charge on any atom is 0.147 e. The second kappa shape index (κ2) is 6.18. The van der Waals surface area contributed by atoms with Gasteiger partial charge in [0.15, 0.2) is 0 Å². The van der Waals surface area contributed by atoms with Gasteiger partial charge in [-0.25, -0.2) is 0 Å². The maximum atomic E-state index is 6.04. The predicted octanol–water partition coefficient (Wildman–Crippen LogP) is 4.14. The summed E-state index contributed by atoms with van der Waals surface area (Å²) in [5.74, 6) is 3.32. The summed E-state index contributed by atoms with van der Waals surface area (Å²) in [6, 6.07) is 8.74. The largest absolute Gasteiger partial charge is 0.313 e. The Balaban J connectivity index is 2.03. The molecule has 0 saturated carbocycles. The highest BCUT2D eigenvalue weighted by atomic mass is 35.5. The molecule has 112 valence electrons. The van der Waals surface area contributed by atoms with Crippen LogP contribution in [0.4, 0.5) is 0 Å². The van der Waals surface area contributed by atoms with Crippen molar-refractivity contribution in [3.63, 3.8) is 0 Å². The lowest BCUT2D eigenvalue weighted by Crippen LogP contribution is -2.18. The molecule has 21 heavy (non-hydrogen) atoms. The van der Waals surface area contributed by atoms with E-state index < -0.39 is 0 Å². The van der Waals surface area contributed by atoms with Gasteiger partial charge in [-0.15, -0.1) is 21.8 Å². The van der Waals surface area contributed by atoms with E-state index in [0.29, 0.717) is 17.7 Å². The van der Waals surface area contributed by atoms with Gasteiger partial charge in [0.05, 0.1) is 5.88 Å². The second-order valence-corrected chi connectivity index (χ2v) is 6.52. The Bertz CT molecular complexity index is 618. The van der Waals surface area contributed by atoms with Crippen LogP contribution in [0.25, 0.3) is 0 Å². The van der Waals surface area contributed by atoms with Crippen LogP contribution in [-0.2, 0) is 18.8 Å². The van der Waals surface area contributed by atoms with Gasteiger partial charge in [0.1, 0.15) is 11.6 Å². The van der Waals surface area contributed by atoms with Crippen LogP contribution < -0.4 is 0 Å². The molecule has 0 radical (unpaired) electrons. The molecule has 3 rings (SSSR count). The number of aryl methyl sites for hydroxylation is 1. The van der Waals surface area contributed by atoms with Crippen LogP contribution in [0.5, 0.6) is 0 Å². The normalized spacial score (nSPS) is 18.0. The quantitative estimate of drug-likeness (QED) is 0.795. The molecule has 1 unspecified atom stereocenters. The summed E-state index contributed by atoms with van der Waals surface area (Å²) >= 11 is 6.04. The minimum Gasteiger partial charge on any atom is -0.313 e. The number of halogens is 1. The topological polar surface area (TPSA) is 30.7 Å². The zero-order valence-corrected chi connectivity index (χ0v) is 13.5. The van der Waals surface area contributed by atoms with Crippen LogP contribution in [-0.4, -0.2) is 14.8 Å². The third-order valence-electron chi connectivity index (χ3n) is 4.20. The molecule has 0 fully saturated rings. The molecule has 1 atom stereocenters. The highest BCUT2D eigenvalue weighted by Gasteiger charge is 2.27. The van der Waals surface area contributed by atoms with Crippen molar-refractivity contribution in [2.45, 2.75) is 51.5 Å². The van der Waals surface area contributed by atoms with Crippen LogP contribution in [0.3, 0.4) is 0 Å². The minimum absolute atomic E-state index is 0.359. The second-order valence-electron chi connectivity index (χ2n) is 6.26. The zero-order chi connectivity index (χ0) is 14.8. The third-order valence-corrected chi connectivity index (χ3v) is 4.44. The molecule has 1 aliphatic carbocycles. The molecule has 1 aromatic carbocycles. The van der Waals surface area contributed by atoms with E-state index in [-0.39, 0.29) is 0 Å². The summed E-state index contributed by atoms with van der Waals surface area (Å²) in [5, 5.41) is 8.81. The minimum atomic E-state index is 0.359. The van der Waals surface area contributed by atoms with Crippen molar-refractivity contribution >= 4 is 11.6 Å². The lowest BCUT2D eigenvalue weighted by Gasteiger charge is -2.26. The molecule has 1 heterocycles. The van der Waals surface area contributed by atoms with Crippen molar-refractivity contribution in [2.75, 3.05) is 0 Å². The number of hydrogen-bond acceptors (Lipinski definition) is 2. The fourth-order valence-corrected chi connectivity index (χ4v) is 3.49. The molecule has 4 heteroatoms. The molecule has 2 aromatic rings. The van der Waals surface area contributed by atoms with E-state index >= 15 is 0 Å². The molecule has 0 bridgehead atoms. The summed E-state index contributed by atoms with van der Waals surface area (Å²) in [7, 11) is 0. The molecule has 0 aliphatic heterocycles. The summed E-state index contributed by atoms with van der Waals surface area (Å²) < 4.78 is 2.24. The van der Waals surface area contributed by atoms with Gasteiger partial charge < -0.3 is 4.57 Å². The van der Waals surface area contributed by atoms with Crippen molar-refractivity contribution in [2.24, 2.45) is 5.92 Å². The first-order chi connectivity index (χ1) is 10.2. The van der Waals surface area contributed by atoms with E-state index in [0.717, 1.165) is 24.6 Å². The number of aromatic nitrogens is 3. The fourth-order valence-electron chi connectivity index (χ4n) is 3.29. The summed E-state index contributed by atoms with van der Waals surface area (Å²) in [5.41, 5.74) is 2.88. The van der Waals surface area contributed by atoms with Gasteiger partial charge in [0, 0.05) is 12.5 Å². The SMILES string of the molecule is CC(C)Cn1c(CCl)nnc1C1CCCc2ccccc21. The molecule has 3 nitrogen and oxygen atoms in total. The molecular weight excluding hydrogens is 282 g/mol. The van der Waals surface area contributed by atoms with Crippen molar-refractivity contribution in [3.8, 4) is 0 Å². The number of benzene rings is 1.